The largest absolute Gasteiger partial charge is 0.491 e. The highest BCUT2D eigenvalue weighted by Crippen LogP contribution is 2.13. The van der Waals surface area contributed by atoms with E-state index in [9.17, 15) is 0 Å². The van der Waals surface area contributed by atoms with Gasteiger partial charge in [-0.05, 0) is 38.5 Å². The molecule has 0 saturated heterocycles. The molecule has 0 aliphatic rings. The van der Waals surface area contributed by atoms with E-state index in [0.717, 1.165) is 11.3 Å². The molecule has 0 saturated carbocycles. The van der Waals surface area contributed by atoms with Gasteiger partial charge >= 0.3 is 0 Å². The van der Waals surface area contributed by atoms with Crippen LogP contribution in [0, 0.1) is 6.92 Å². The maximum Gasteiger partial charge on any atom is 0.119 e. The van der Waals surface area contributed by atoms with Gasteiger partial charge in [0.05, 0.1) is 6.10 Å². The van der Waals surface area contributed by atoms with E-state index in [1.165, 1.54) is 0 Å². The summed E-state index contributed by atoms with van der Waals surface area (Å²) >= 11 is 0. The smallest absolute Gasteiger partial charge is 0.119 e. The number of ether oxygens (including phenoxy) is 1. The van der Waals surface area contributed by atoms with Crippen LogP contribution in [0.3, 0.4) is 0 Å². The lowest BCUT2D eigenvalue weighted by Crippen LogP contribution is -2.05. The topological polar surface area (TPSA) is 9.23 Å². The molecule has 0 atom stereocenters. The first-order valence-electron chi connectivity index (χ1n) is 3.70. The van der Waals surface area contributed by atoms with Crippen molar-refractivity contribution in [3.05, 3.63) is 36.8 Å². The van der Waals surface area contributed by atoms with Gasteiger partial charge in [-0.25, -0.2) is 0 Å². The molecule has 11 heavy (non-hydrogen) atoms. The van der Waals surface area contributed by atoms with Crippen molar-refractivity contribution in [1.29, 1.82) is 0 Å². The van der Waals surface area contributed by atoms with E-state index in [0.29, 0.717) is 0 Å². The van der Waals surface area contributed by atoms with Crippen LogP contribution in [0.15, 0.2) is 24.3 Å². The lowest BCUT2D eigenvalue weighted by Gasteiger charge is -2.09. The predicted molar refractivity (Wildman–Crippen MR) is 45.6 cm³/mol. The van der Waals surface area contributed by atoms with Crippen LogP contribution in [0.2, 0.25) is 0 Å². The minimum Gasteiger partial charge on any atom is -0.491 e. The van der Waals surface area contributed by atoms with Crippen LogP contribution >= 0.6 is 0 Å². The molecule has 1 heteroatoms. The highest BCUT2D eigenvalue weighted by Gasteiger charge is 1.95. The summed E-state index contributed by atoms with van der Waals surface area (Å²) in [6.07, 6.45) is 0.205. The molecule has 0 aromatic heterocycles. The zero-order valence-corrected chi connectivity index (χ0v) is 6.87. The summed E-state index contributed by atoms with van der Waals surface area (Å²) in [5.41, 5.74) is 0.739. The van der Waals surface area contributed by atoms with E-state index in [1.807, 2.05) is 38.1 Å². The van der Waals surface area contributed by atoms with Crippen molar-refractivity contribution < 1.29 is 4.74 Å². The van der Waals surface area contributed by atoms with Crippen LogP contribution < -0.4 is 4.74 Å². The van der Waals surface area contributed by atoms with E-state index in [2.05, 4.69) is 0 Å². The van der Waals surface area contributed by atoms with Crippen LogP contribution in [0.25, 0.3) is 0 Å². The molecule has 0 aliphatic heterocycles. The van der Waals surface area contributed by atoms with Crippen LogP contribution in [0.1, 0.15) is 19.4 Å². The number of benzene rings is 1. The molecular formula is C10H12O. The average molecular weight is 148 g/mol. The molecule has 58 valence electrons. The van der Waals surface area contributed by atoms with Gasteiger partial charge in [0.2, 0.25) is 0 Å². The molecule has 1 nitrogen and oxygen atoms in total. The minimum absolute atomic E-state index is 0.205. The molecule has 0 fully saturated rings. The highest BCUT2D eigenvalue weighted by atomic mass is 16.5. The van der Waals surface area contributed by atoms with Crippen LogP contribution in [0.4, 0.5) is 0 Å². The summed E-state index contributed by atoms with van der Waals surface area (Å²) in [5, 5.41) is 0. The van der Waals surface area contributed by atoms with E-state index in [1.54, 1.807) is 0 Å². The lowest BCUT2D eigenvalue weighted by molar-refractivity contribution is 0.242. The fourth-order valence-corrected chi connectivity index (χ4v) is 0.860. The summed E-state index contributed by atoms with van der Waals surface area (Å²) in [5.74, 6) is 0.833. The van der Waals surface area contributed by atoms with Gasteiger partial charge in [-0.15, -0.1) is 0 Å². The van der Waals surface area contributed by atoms with Gasteiger partial charge in [0.25, 0.3) is 0 Å². The summed E-state index contributed by atoms with van der Waals surface area (Å²) in [4.78, 5) is 0. The molecule has 1 rings (SSSR count). The molecule has 0 unspecified atom stereocenters. The average Bonchev–Trinajstić information content (AvgIpc) is 1.85. The molecule has 1 aromatic carbocycles. The van der Waals surface area contributed by atoms with Crippen LogP contribution in [-0.4, -0.2) is 6.10 Å². The third-order valence-corrected chi connectivity index (χ3v) is 1.23. The normalized spacial score (nSPS) is 10.2. The van der Waals surface area contributed by atoms with Gasteiger partial charge in [0, 0.05) is 0 Å². The first kappa shape index (κ1) is 8.12. The zero-order valence-electron chi connectivity index (χ0n) is 6.87. The molecule has 0 aliphatic carbocycles. The Hall–Kier alpha value is -0.980. The molecular weight excluding hydrogens is 136 g/mol. The molecule has 0 spiro atoms. The summed E-state index contributed by atoms with van der Waals surface area (Å²) < 4.78 is 5.42. The van der Waals surface area contributed by atoms with Crippen molar-refractivity contribution in [3.8, 4) is 5.75 Å². The highest BCUT2D eigenvalue weighted by molar-refractivity contribution is 5.29. The SMILES string of the molecule is [CH]c1cccc(OC(C)C)c1. The van der Waals surface area contributed by atoms with Crippen LogP contribution in [-0.2, 0) is 0 Å². The zero-order chi connectivity index (χ0) is 8.27. The number of hydrogen-bond acceptors (Lipinski definition) is 1. The predicted octanol–water partition coefficient (Wildman–Crippen LogP) is 2.53. The summed E-state index contributed by atoms with van der Waals surface area (Å²) in [6, 6.07) is 7.44. The van der Waals surface area contributed by atoms with E-state index in [-0.39, 0.29) is 6.10 Å². The van der Waals surface area contributed by atoms with Gasteiger partial charge in [0.15, 0.2) is 0 Å². The molecule has 0 amide bonds. The van der Waals surface area contributed by atoms with Crippen molar-refractivity contribution in [2.75, 3.05) is 0 Å². The van der Waals surface area contributed by atoms with Gasteiger partial charge in [0.1, 0.15) is 5.75 Å². The van der Waals surface area contributed by atoms with Crippen LogP contribution in [0.5, 0.6) is 5.75 Å². The number of rotatable bonds is 2. The Bertz CT molecular complexity index is 228. The van der Waals surface area contributed by atoms with Gasteiger partial charge < -0.3 is 4.74 Å². The standard InChI is InChI=1S/C10H12O/c1-8(2)11-10-6-4-5-9(3)7-10/h3-8H,1-2H3. The van der Waals surface area contributed by atoms with E-state index < -0.39 is 0 Å². The summed E-state index contributed by atoms with van der Waals surface area (Å²) in [7, 11) is 0. The van der Waals surface area contributed by atoms with Crippen molar-refractivity contribution >= 4 is 0 Å². The third-order valence-electron chi connectivity index (χ3n) is 1.23. The Morgan fingerprint density at radius 2 is 2.09 bits per heavy atom. The van der Waals surface area contributed by atoms with Gasteiger partial charge in [-0.1, -0.05) is 12.1 Å². The Kier molecular flexibility index (Phi) is 2.53. The second-order valence-electron chi connectivity index (χ2n) is 2.74. The Morgan fingerprint density at radius 3 is 2.64 bits per heavy atom. The minimum atomic E-state index is 0.205. The van der Waals surface area contributed by atoms with Crippen molar-refractivity contribution in [3.63, 3.8) is 0 Å². The molecule has 0 heterocycles. The maximum absolute atomic E-state index is 5.55. The Morgan fingerprint density at radius 1 is 1.36 bits per heavy atom. The first-order valence-corrected chi connectivity index (χ1v) is 3.70. The number of hydrogen-bond donors (Lipinski definition) is 0. The lowest BCUT2D eigenvalue weighted by atomic mass is 10.2. The van der Waals surface area contributed by atoms with Gasteiger partial charge in [-0.3, -0.25) is 0 Å². The molecule has 1 aromatic rings. The summed E-state index contributed by atoms with van der Waals surface area (Å²) in [6.45, 7) is 9.53. The fourth-order valence-electron chi connectivity index (χ4n) is 0.860. The van der Waals surface area contributed by atoms with Crippen molar-refractivity contribution in [2.24, 2.45) is 0 Å². The van der Waals surface area contributed by atoms with Crippen molar-refractivity contribution in [2.45, 2.75) is 20.0 Å². The maximum atomic E-state index is 5.55. The van der Waals surface area contributed by atoms with E-state index in [4.69, 9.17) is 11.7 Å². The molecule has 0 N–H and O–H groups in total. The second kappa shape index (κ2) is 3.42. The third kappa shape index (κ3) is 2.62. The Labute approximate surface area is 68.0 Å². The second-order valence-corrected chi connectivity index (χ2v) is 2.74. The Balaban J connectivity index is 2.71. The molecule has 0 bridgehead atoms. The van der Waals surface area contributed by atoms with Gasteiger partial charge in [-0.2, -0.15) is 0 Å². The van der Waals surface area contributed by atoms with E-state index >= 15 is 0 Å². The monoisotopic (exact) mass is 148 g/mol. The first-order chi connectivity index (χ1) is 5.18. The molecule has 2 radical (unpaired) electrons. The quantitative estimate of drug-likeness (QED) is 0.626. The van der Waals surface area contributed by atoms with Crippen molar-refractivity contribution in [1.82, 2.24) is 0 Å². The fraction of sp³-hybridized carbons (Fsp3) is 0.300.